The number of fused-ring (bicyclic) bond motifs is 2. The van der Waals surface area contributed by atoms with Crippen LogP contribution in [-0.4, -0.2) is 19.3 Å². The number of rotatable bonds is 7. The average Bonchev–Trinajstić information content (AvgIpc) is 2.95. The lowest BCUT2D eigenvalue weighted by molar-refractivity contribution is -0.670. The molecule has 0 amide bonds. The minimum atomic E-state index is -0.248. The van der Waals surface area contributed by atoms with E-state index in [9.17, 15) is 4.79 Å². The highest BCUT2D eigenvalue weighted by molar-refractivity contribution is 5.82. The molecule has 3 rings (SSSR count). The van der Waals surface area contributed by atoms with Gasteiger partial charge in [-0.1, -0.05) is 0 Å². The van der Waals surface area contributed by atoms with Gasteiger partial charge in [-0.15, -0.1) is 0 Å². The Kier molecular flexibility index (Phi) is 5.13. The summed E-state index contributed by atoms with van der Waals surface area (Å²) in [7, 11) is 0. The molecule has 0 atom stereocenters. The summed E-state index contributed by atoms with van der Waals surface area (Å²) in [6.45, 7) is 6.70. The topological polar surface area (TPSA) is 56.0 Å². The SMILES string of the molecule is CC(C)OCCC[NH2+]Cc1cc(=O)oc2cc3c(cc12)CCC3. The summed E-state index contributed by atoms with van der Waals surface area (Å²) >= 11 is 0. The molecule has 1 aliphatic rings. The molecule has 1 aromatic heterocycles. The average molecular weight is 316 g/mol. The van der Waals surface area contributed by atoms with Crippen molar-refractivity contribution in [2.45, 2.75) is 52.2 Å². The maximum Gasteiger partial charge on any atom is 0.336 e. The van der Waals surface area contributed by atoms with Crippen LogP contribution in [0, 0.1) is 0 Å². The van der Waals surface area contributed by atoms with E-state index in [1.807, 2.05) is 0 Å². The maximum atomic E-state index is 11.8. The summed E-state index contributed by atoms with van der Waals surface area (Å²) in [5.74, 6) is 0. The highest BCUT2D eigenvalue weighted by Gasteiger charge is 2.15. The van der Waals surface area contributed by atoms with Gasteiger partial charge in [0, 0.05) is 23.4 Å². The Labute approximate surface area is 136 Å². The molecule has 0 bridgehead atoms. The highest BCUT2D eigenvalue weighted by atomic mass is 16.5. The third-order valence-corrected chi connectivity index (χ3v) is 4.41. The monoisotopic (exact) mass is 316 g/mol. The quantitative estimate of drug-likeness (QED) is 0.629. The minimum absolute atomic E-state index is 0.248. The Hall–Kier alpha value is -1.65. The number of hydrogen-bond donors (Lipinski definition) is 1. The van der Waals surface area contributed by atoms with Gasteiger partial charge in [-0.05, 0) is 56.4 Å². The van der Waals surface area contributed by atoms with Crippen molar-refractivity contribution in [1.82, 2.24) is 0 Å². The van der Waals surface area contributed by atoms with Crippen molar-refractivity contribution >= 4 is 11.0 Å². The molecule has 23 heavy (non-hydrogen) atoms. The van der Waals surface area contributed by atoms with Gasteiger partial charge in [-0.2, -0.15) is 0 Å². The zero-order valence-corrected chi connectivity index (χ0v) is 14.1. The molecule has 2 aromatic rings. The fourth-order valence-corrected chi connectivity index (χ4v) is 3.27. The summed E-state index contributed by atoms with van der Waals surface area (Å²) in [6, 6.07) is 5.94. The molecule has 2 N–H and O–H groups in total. The number of hydrogen-bond acceptors (Lipinski definition) is 3. The van der Waals surface area contributed by atoms with Crippen LogP contribution in [0.5, 0.6) is 0 Å². The zero-order chi connectivity index (χ0) is 16.2. The first-order chi connectivity index (χ1) is 11.1. The Morgan fingerprint density at radius 2 is 2.00 bits per heavy atom. The third-order valence-electron chi connectivity index (χ3n) is 4.41. The highest BCUT2D eigenvalue weighted by Crippen LogP contribution is 2.28. The molecule has 4 nitrogen and oxygen atoms in total. The fourth-order valence-electron chi connectivity index (χ4n) is 3.27. The van der Waals surface area contributed by atoms with Gasteiger partial charge in [0.25, 0.3) is 0 Å². The molecule has 1 aliphatic carbocycles. The lowest BCUT2D eigenvalue weighted by Gasteiger charge is -2.08. The van der Waals surface area contributed by atoms with Crippen LogP contribution in [0.2, 0.25) is 0 Å². The van der Waals surface area contributed by atoms with E-state index in [0.717, 1.165) is 55.5 Å². The van der Waals surface area contributed by atoms with Crippen LogP contribution < -0.4 is 10.9 Å². The standard InChI is InChI=1S/C19H25NO3/c1-13(2)22-8-4-7-20-12-16-11-19(21)23-18-10-15-6-3-5-14(15)9-17(16)18/h9-11,13,20H,3-8,12H2,1-2H3/p+1. The second-order valence-electron chi connectivity index (χ2n) is 6.62. The van der Waals surface area contributed by atoms with Crippen molar-refractivity contribution in [2.75, 3.05) is 13.2 Å². The van der Waals surface area contributed by atoms with E-state index < -0.39 is 0 Å². The molecule has 0 radical (unpaired) electrons. The largest absolute Gasteiger partial charge is 0.423 e. The zero-order valence-electron chi connectivity index (χ0n) is 14.1. The lowest BCUT2D eigenvalue weighted by Crippen LogP contribution is -2.82. The number of nitrogens with two attached hydrogens (primary N) is 1. The Balaban J connectivity index is 1.69. The van der Waals surface area contributed by atoms with Crippen molar-refractivity contribution in [3.8, 4) is 0 Å². The first-order valence-corrected chi connectivity index (χ1v) is 8.65. The van der Waals surface area contributed by atoms with Crippen LogP contribution in [0.1, 0.15) is 43.4 Å². The van der Waals surface area contributed by atoms with Crippen molar-refractivity contribution < 1.29 is 14.5 Å². The van der Waals surface area contributed by atoms with Gasteiger partial charge in [0.05, 0.1) is 19.3 Å². The molecular formula is C19H26NO3+. The number of benzene rings is 1. The molecule has 0 unspecified atom stereocenters. The summed E-state index contributed by atoms with van der Waals surface area (Å²) < 4.78 is 11.0. The maximum absolute atomic E-state index is 11.8. The van der Waals surface area contributed by atoms with Crippen molar-refractivity contribution in [2.24, 2.45) is 0 Å². The van der Waals surface area contributed by atoms with Crippen molar-refractivity contribution in [3.05, 3.63) is 45.3 Å². The number of aryl methyl sites for hydroxylation is 2. The summed E-state index contributed by atoms with van der Waals surface area (Å²) in [5, 5.41) is 3.34. The van der Waals surface area contributed by atoms with Crippen LogP contribution in [0.4, 0.5) is 0 Å². The second kappa shape index (κ2) is 7.28. The van der Waals surface area contributed by atoms with Crippen LogP contribution >= 0.6 is 0 Å². The molecule has 0 aliphatic heterocycles. The van der Waals surface area contributed by atoms with Crippen LogP contribution in [0.3, 0.4) is 0 Å². The van der Waals surface area contributed by atoms with Crippen LogP contribution in [-0.2, 0) is 24.1 Å². The normalized spacial score (nSPS) is 13.9. The van der Waals surface area contributed by atoms with Crippen molar-refractivity contribution in [3.63, 3.8) is 0 Å². The third kappa shape index (κ3) is 4.01. The lowest BCUT2D eigenvalue weighted by atomic mass is 10.0. The molecule has 1 aromatic carbocycles. The summed E-state index contributed by atoms with van der Waals surface area (Å²) in [6.07, 6.45) is 4.75. The Bertz CT molecular complexity index is 733. The molecule has 0 fully saturated rings. The van der Waals surface area contributed by atoms with E-state index in [2.05, 4.69) is 31.3 Å². The smallest absolute Gasteiger partial charge is 0.336 e. The van der Waals surface area contributed by atoms with Gasteiger partial charge >= 0.3 is 5.63 Å². The van der Waals surface area contributed by atoms with E-state index in [1.165, 1.54) is 17.5 Å². The molecule has 4 heteroatoms. The van der Waals surface area contributed by atoms with E-state index in [0.29, 0.717) is 6.10 Å². The molecular weight excluding hydrogens is 290 g/mol. The Morgan fingerprint density at radius 3 is 2.78 bits per heavy atom. The number of ether oxygens (including phenoxy) is 1. The first kappa shape index (κ1) is 16.2. The van der Waals surface area contributed by atoms with Gasteiger partial charge in [0.15, 0.2) is 0 Å². The molecule has 124 valence electrons. The fraction of sp³-hybridized carbons (Fsp3) is 0.526. The first-order valence-electron chi connectivity index (χ1n) is 8.65. The predicted molar refractivity (Wildman–Crippen MR) is 90.7 cm³/mol. The van der Waals surface area contributed by atoms with Gasteiger partial charge < -0.3 is 14.5 Å². The van der Waals surface area contributed by atoms with Gasteiger partial charge in [-0.25, -0.2) is 4.79 Å². The minimum Gasteiger partial charge on any atom is -0.423 e. The van der Waals surface area contributed by atoms with Gasteiger partial charge in [-0.3, -0.25) is 0 Å². The van der Waals surface area contributed by atoms with Gasteiger partial charge in [0.1, 0.15) is 12.1 Å². The molecule has 0 saturated heterocycles. The summed E-state index contributed by atoms with van der Waals surface area (Å²) in [5.41, 5.74) is 4.33. The molecule has 0 saturated carbocycles. The number of quaternary nitrogens is 1. The summed E-state index contributed by atoms with van der Waals surface area (Å²) in [4.78, 5) is 11.8. The predicted octanol–water partition coefficient (Wildman–Crippen LogP) is 2.16. The van der Waals surface area contributed by atoms with Crippen molar-refractivity contribution in [1.29, 1.82) is 0 Å². The van der Waals surface area contributed by atoms with Crippen LogP contribution in [0.15, 0.2) is 27.4 Å². The van der Waals surface area contributed by atoms with Crippen LogP contribution in [0.25, 0.3) is 11.0 Å². The van der Waals surface area contributed by atoms with E-state index in [4.69, 9.17) is 9.15 Å². The second-order valence-corrected chi connectivity index (χ2v) is 6.62. The molecule has 1 heterocycles. The molecule has 0 spiro atoms. The van der Waals surface area contributed by atoms with Gasteiger partial charge in [0.2, 0.25) is 0 Å². The van der Waals surface area contributed by atoms with E-state index in [-0.39, 0.29) is 5.63 Å². The Morgan fingerprint density at radius 1 is 1.22 bits per heavy atom. The van der Waals surface area contributed by atoms with E-state index in [1.54, 1.807) is 6.07 Å². The van der Waals surface area contributed by atoms with E-state index >= 15 is 0 Å².